The maximum absolute atomic E-state index is 12.3. The van der Waals surface area contributed by atoms with Crippen LogP contribution in [0, 0.1) is 0 Å². The Balaban J connectivity index is 1.75. The van der Waals surface area contributed by atoms with E-state index in [1.54, 1.807) is 12.2 Å². The highest BCUT2D eigenvalue weighted by atomic mass is 35.5. The van der Waals surface area contributed by atoms with E-state index in [0.717, 1.165) is 50.7 Å². The standard InChI is InChI=1S/C30H29ClFN5/c1-3-33-18-16-26-9-7-19-37(26)30-27-20-25(34-21-23-10-12-24(31)13-11-23)14-15-28(27)35-29(36-30)22(2)8-5-4-6-17-32/h3-15,17,19-20,34H,16,18,21H2,1-2H3/b5-4-,17-6+,22-8+,33-3?. The first kappa shape index (κ1) is 26.0. The maximum atomic E-state index is 12.3. The molecule has 0 saturated carbocycles. The number of allylic oxidation sites excluding steroid dienone is 5. The third kappa shape index (κ3) is 6.80. The summed E-state index contributed by atoms with van der Waals surface area (Å²) in [5, 5.41) is 5.15. The summed E-state index contributed by atoms with van der Waals surface area (Å²) in [6.45, 7) is 5.25. The van der Waals surface area contributed by atoms with Crippen molar-refractivity contribution in [1.82, 2.24) is 14.5 Å². The molecule has 0 aliphatic carbocycles. The molecule has 4 rings (SSSR count). The molecule has 0 fully saturated rings. The van der Waals surface area contributed by atoms with Gasteiger partial charge in [0.15, 0.2) is 5.82 Å². The summed E-state index contributed by atoms with van der Waals surface area (Å²) < 4.78 is 14.4. The molecule has 1 N–H and O–H groups in total. The number of aliphatic imine (C=N–C) groups is 1. The van der Waals surface area contributed by atoms with Crippen LogP contribution in [-0.2, 0) is 13.0 Å². The van der Waals surface area contributed by atoms with Crippen LogP contribution < -0.4 is 5.32 Å². The Morgan fingerprint density at radius 3 is 2.70 bits per heavy atom. The summed E-state index contributed by atoms with van der Waals surface area (Å²) in [6, 6.07) is 18.0. The van der Waals surface area contributed by atoms with Crippen LogP contribution in [-0.4, -0.2) is 27.3 Å². The van der Waals surface area contributed by atoms with Gasteiger partial charge in [0.2, 0.25) is 0 Å². The Labute approximate surface area is 221 Å². The predicted molar refractivity (Wildman–Crippen MR) is 153 cm³/mol. The molecule has 4 aromatic rings. The van der Waals surface area contributed by atoms with Crippen molar-refractivity contribution in [2.45, 2.75) is 26.8 Å². The Kier molecular flexibility index (Phi) is 9.00. The summed E-state index contributed by atoms with van der Waals surface area (Å²) in [6.07, 6.45) is 11.7. The van der Waals surface area contributed by atoms with Gasteiger partial charge in [0, 0.05) is 47.5 Å². The number of nitrogens with zero attached hydrogens (tertiary/aromatic N) is 4. The molecule has 0 radical (unpaired) electrons. The van der Waals surface area contributed by atoms with E-state index < -0.39 is 0 Å². The lowest BCUT2D eigenvalue weighted by Crippen LogP contribution is -2.07. The molecule has 0 saturated heterocycles. The third-order valence-corrected chi connectivity index (χ3v) is 6.07. The van der Waals surface area contributed by atoms with E-state index >= 15 is 0 Å². The number of benzene rings is 2. The molecule has 0 aliphatic rings. The number of fused-ring (bicyclic) bond motifs is 1. The van der Waals surface area contributed by atoms with E-state index in [2.05, 4.69) is 27.0 Å². The van der Waals surface area contributed by atoms with Crippen molar-refractivity contribution in [3.8, 4) is 5.82 Å². The Morgan fingerprint density at radius 2 is 1.92 bits per heavy atom. The number of anilines is 1. The molecule has 2 aromatic carbocycles. The second-order valence-corrected chi connectivity index (χ2v) is 8.86. The van der Waals surface area contributed by atoms with Crippen LogP contribution in [0.5, 0.6) is 0 Å². The first-order valence-corrected chi connectivity index (χ1v) is 12.5. The van der Waals surface area contributed by atoms with Gasteiger partial charge in [0.1, 0.15) is 5.82 Å². The molecule has 0 spiro atoms. The second kappa shape index (κ2) is 12.8. The molecule has 0 aliphatic heterocycles. The lowest BCUT2D eigenvalue weighted by molar-refractivity contribution is 0.721. The highest BCUT2D eigenvalue weighted by Gasteiger charge is 2.14. The molecule has 0 bridgehead atoms. The van der Waals surface area contributed by atoms with Gasteiger partial charge in [-0.05, 0) is 79.7 Å². The fourth-order valence-corrected chi connectivity index (χ4v) is 4.03. The van der Waals surface area contributed by atoms with E-state index in [-0.39, 0.29) is 0 Å². The second-order valence-electron chi connectivity index (χ2n) is 8.42. The first-order valence-electron chi connectivity index (χ1n) is 12.1. The summed E-state index contributed by atoms with van der Waals surface area (Å²) in [4.78, 5) is 14.2. The minimum Gasteiger partial charge on any atom is -0.381 e. The van der Waals surface area contributed by atoms with Crippen LogP contribution in [0.25, 0.3) is 22.3 Å². The van der Waals surface area contributed by atoms with E-state index in [4.69, 9.17) is 21.6 Å². The number of rotatable bonds is 10. The molecule has 5 nitrogen and oxygen atoms in total. The highest BCUT2D eigenvalue weighted by Crippen LogP contribution is 2.27. The average Bonchev–Trinajstić information content (AvgIpc) is 3.38. The van der Waals surface area contributed by atoms with Gasteiger partial charge in [-0.15, -0.1) is 0 Å². The van der Waals surface area contributed by atoms with E-state index in [1.807, 2.05) is 74.8 Å². The molecule has 0 unspecified atom stereocenters. The van der Waals surface area contributed by atoms with E-state index in [9.17, 15) is 4.39 Å². The summed E-state index contributed by atoms with van der Waals surface area (Å²) >= 11 is 6.02. The van der Waals surface area contributed by atoms with Gasteiger partial charge in [-0.25, -0.2) is 14.4 Å². The quantitative estimate of drug-likeness (QED) is 0.174. The van der Waals surface area contributed by atoms with Crippen LogP contribution in [0.15, 0.2) is 96.4 Å². The fourth-order valence-electron chi connectivity index (χ4n) is 3.90. The topological polar surface area (TPSA) is 55.1 Å². The van der Waals surface area contributed by atoms with Crippen molar-refractivity contribution in [1.29, 1.82) is 0 Å². The number of hydrogen-bond acceptors (Lipinski definition) is 4. The predicted octanol–water partition coefficient (Wildman–Crippen LogP) is 7.76. The van der Waals surface area contributed by atoms with E-state index in [1.165, 1.54) is 6.08 Å². The van der Waals surface area contributed by atoms with Crippen molar-refractivity contribution in [2.75, 3.05) is 11.9 Å². The van der Waals surface area contributed by atoms with Gasteiger partial charge >= 0.3 is 0 Å². The van der Waals surface area contributed by atoms with Crippen molar-refractivity contribution in [2.24, 2.45) is 4.99 Å². The zero-order valence-electron chi connectivity index (χ0n) is 20.9. The molecule has 0 atom stereocenters. The first-order chi connectivity index (χ1) is 18.1. The Hall–Kier alpha value is -4.03. The summed E-state index contributed by atoms with van der Waals surface area (Å²) in [5.74, 6) is 1.42. The monoisotopic (exact) mass is 513 g/mol. The smallest absolute Gasteiger partial charge is 0.157 e. The average molecular weight is 514 g/mol. The molecule has 37 heavy (non-hydrogen) atoms. The Morgan fingerprint density at radius 1 is 1.08 bits per heavy atom. The van der Waals surface area contributed by atoms with Crippen LogP contribution >= 0.6 is 11.6 Å². The van der Waals surface area contributed by atoms with Gasteiger partial charge in [-0.3, -0.25) is 4.99 Å². The van der Waals surface area contributed by atoms with Crippen LogP contribution in [0.2, 0.25) is 5.02 Å². The molecule has 7 heteroatoms. The maximum Gasteiger partial charge on any atom is 0.157 e. The van der Waals surface area contributed by atoms with Crippen molar-refractivity contribution < 1.29 is 4.39 Å². The molecule has 188 valence electrons. The van der Waals surface area contributed by atoms with Gasteiger partial charge in [0.05, 0.1) is 11.8 Å². The minimum absolute atomic E-state index is 0.499. The minimum atomic E-state index is 0.499. The third-order valence-electron chi connectivity index (χ3n) is 5.82. The molecule has 2 heterocycles. The van der Waals surface area contributed by atoms with Crippen LogP contribution in [0.1, 0.15) is 30.9 Å². The van der Waals surface area contributed by atoms with Gasteiger partial charge in [-0.1, -0.05) is 42.0 Å². The lowest BCUT2D eigenvalue weighted by atomic mass is 10.1. The van der Waals surface area contributed by atoms with Crippen molar-refractivity contribution >= 4 is 40.0 Å². The largest absolute Gasteiger partial charge is 0.381 e. The number of hydrogen-bond donors (Lipinski definition) is 1. The highest BCUT2D eigenvalue weighted by molar-refractivity contribution is 6.30. The lowest BCUT2D eigenvalue weighted by Gasteiger charge is -2.14. The van der Waals surface area contributed by atoms with Gasteiger partial charge < -0.3 is 9.88 Å². The van der Waals surface area contributed by atoms with Crippen molar-refractivity contribution in [3.63, 3.8) is 0 Å². The fraction of sp³-hybridized carbons (Fsp3) is 0.167. The number of halogens is 2. The SMILES string of the molecule is CC=NCCc1cccn1-c1nc(/C(C)=C/C=C\C=C\F)nc2ccc(NCc3ccc(Cl)cc3)cc12. The summed E-state index contributed by atoms with van der Waals surface area (Å²) in [5.41, 5.74) is 4.93. The molecule has 2 aromatic heterocycles. The zero-order chi connectivity index (χ0) is 26.0. The number of nitrogens with one attached hydrogen (secondary N) is 1. The number of aromatic nitrogens is 3. The van der Waals surface area contributed by atoms with Crippen LogP contribution in [0.4, 0.5) is 10.1 Å². The van der Waals surface area contributed by atoms with Crippen LogP contribution in [0.3, 0.4) is 0 Å². The van der Waals surface area contributed by atoms with Crippen molar-refractivity contribution in [3.05, 3.63) is 114 Å². The summed E-state index contributed by atoms with van der Waals surface area (Å²) in [7, 11) is 0. The molecular weight excluding hydrogens is 485 g/mol. The zero-order valence-corrected chi connectivity index (χ0v) is 21.7. The van der Waals surface area contributed by atoms with Gasteiger partial charge in [0.25, 0.3) is 0 Å². The van der Waals surface area contributed by atoms with E-state index in [0.29, 0.717) is 25.2 Å². The van der Waals surface area contributed by atoms with Gasteiger partial charge in [-0.2, -0.15) is 0 Å². The normalized spacial score (nSPS) is 12.5. The Bertz CT molecular complexity index is 1470. The molecular formula is C30H29ClFN5. The molecule has 0 amide bonds.